The number of ether oxygens (including phenoxy) is 2. The van der Waals surface area contributed by atoms with E-state index >= 15 is 0 Å². The Bertz CT molecular complexity index is 1220. The molecule has 0 fully saturated rings. The van der Waals surface area contributed by atoms with Crippen molar-refractivity contribution in [2.45, 2.75) is 33.6 Å². The Morgan fingerprint density at radius 3 is 2.31 bits per heavy atom. The molecule has 0 aliphatic heterocycles. The first kappa shape index (κ1) is 26.3. The third kappa shape index (κ3) is 7.09. The second kappa shape index (κ2) is 12.4. The van der Waals surface area contributed by atoms with Crippen molar-refractivity contribution in [3.8, 4) is 17.2 Å². The molecule has 0 bridgehead atoms. The van der Waals surface area contributed by atoms with Gasteiger partial charge in [0.2, 0.25) is 0 Å². The maximum absolute atomic E-state index is 12.7. The molecule has 0 aliphatic carbocycles. The molecular weight excluding hydrogens is 460 g/mol. The Kier molecular flexibility index (Phi) is 9.05. The first-order valence-electron chi connectivity index (χ1n) is 11.7. The van der Waals surface area contributed by atoms with Crippen molar-refractivity contribution in [2.75, 3.05) is 18.5 Å². The minimum Gasteiger partial charge on any atom is -0.507 e. The fraction of sp³-hybridized carbons (Fsp3) is 0.250. The number of nitrogens with one attached hydrogen (secondary N) is 2. The number of phenols is 1. The summed E-state index contributed by atoms with van der Waals surface area (Å²) in [6.07, 6.45) is 1.61. The Hall–Kier alpha value is -4.33. The summed E-state index contributed by atoms with van der Waals surface area (Å²) in [6, 6.07) is 17.8. The number of esters is 1. The Morgan fingerprint density at radius 1 is 0.944 bits per heavy atom. The Labute approximate surface area is 210 Å². The van der Waals surface area contributed by atoms with Gasteiger partial charge >= 0.3 is 11.9 Å². The molecule has 8 heteroatoms. The summed E-state index contributed by atoms with van der Waals surface area (Å²) in [6.45, 7) is 5.79. The third-order valence-corrected chi connectivity index (χ3v) is 5.38. The number of carbonyl (C=O) groups excluding carboxylic acids is 3. The largest absolute Gasteiger partial charge is 0.507 e. The molecule has 0 heterocycles. The average molecular weight is 491 g/mol. The molecule has 3 aromatic carbocycles. The standard InChI is InChI=1S/C28H30N2O6/c1-4-35-28(34)27(33)30-21-15-18(2)25(19(3)16-21)36-22-12-13-24(31)23(17-22)26(32)29-14-8-11-20-9-6-5-7-10-20/h5-7,9-10,12-13,15-17,31H,4,8,11,14H2,1-3H3,(H,29,32)(H,30,33). The van der Waals surface area contributed by atoms with Crippen LogP contribution in [0, 0.1) is 13.8 Å². The zero-order chi connectivity index (χ0) is 26.1. The lowest BCUT2D eigenvalue weighted by molar-refractivity contribution is -0.152. The van der Waals surface area contributed by atoms with E-state index < -0.39 is 17.8 Å². The fourth-order valence-electron chi connectivity index (χ4n) is 3.67. The number of hydrogen-bond acceptors (Lipinski definition) is 6. The Balaban J connectivity index is 1.65. The second-order valence-electron chi connectivity index (χ2n) is 8.24. The summed E-state index contributed by atoms with van der Waals surface area (Å²) >= 11 is 0. The molecule has 8 nitrogen and oxygen atoms in total. The second-order valence-corrected chi connectivity index (χ2v) is 8.24. The molecule has 3 aromatic rings. The van der Waals surface area contributed by atoms with Gasteiger partial charge in [0.05, 0.1) is 12.2 Å². The van der Waals surface area contributed by atoms with E-state index in [0.717, 1.165) is 12.8 Å². The lowest BCUT2D eigenvalue weighted by atomic mass is 10.1. The van der Waals surface area contributed by atoms with Crippen LogP contribution in [0.25, 0.3) is 0 Å². The highest BCUT2D eigenvalue weighted by Gasteiger charge is 2.17. The maximum Gasteiger partial charge on any atom is 0.397 e. The van der Waals surface area contributed by atoms with E-state index in [-0.39, 0.29) is 17.9 Å². The van der Waals surface area contributed by atoms with Crippen LogP contribution in [-0.4, -0.2) is 36.0 Å². The van der Waals surface area contributed by atoms with Gasteiger partial charge in [0.1, 0.15) is 17.2 Å². The quantitative estimate of drug-likeness (QED) is 0.228. The zero-order valence-corrected chi connectivity index (χ0v) is 20.6. The molecule has 0 saturated carbocycles. The lowest BCUT2D eigenvalue weighted by Crippen LogP contribution is -2.25. The van der Waals surface area contributed by atoms with Gasteiger partial charge in [-0.3, -0.25) is 9.59 Å². The first-order valence-corrected chi connectivity index (χ1v) is 11.7. The van der Waals surface area contributed by atoms with Crippen LogP contribution in [-0.2, 0) is 20.7 Å². The molecule has 3 N–H and O–H groups in total. The van der Waals surface area contributed by atoms with Gasteiger partial charge in [-0.2, -0.15) is 0 Å². The van der Waals surface area contributed by atoms with Crippen molar-refractivity contribution < 1.29 is 29.0 Å². The van der Waals surface area contributed by atoms with Crippen LogP contribution in [0.5, 0.6) is 17.2 Å². The minimum absolute atomic E-state index is 0.109. The van der Waals surface area contributed by atoms with Crippen LogP contribution in [0.15, 0.2) is 60.7 Å². The van der Waals surface area contributed by atoms with Crippen molar-refractivity contribution in [2.24, 2.45) is 0 Å². The van der Waals surface area contributed by atoms with E-state index in [1.807, 2.05) is 30.3 Å². The molecule has 36 heavy (non-hydrogen) atoms. The van der Waals surface area contributed by atoms with Crippen LogP contribution < -0.4 is 15.4 Å². The van der Waals surface area contributed by atoms with Crippen molar-refractivity contribution in [1.82, 2.24) is 5.32 Å². The number of hydrogen-bond donors (Lipinski definition) is 3. The van der Waals surface area contributed by atoms with Crippen LogP contribution in [0.1, 0.15) is 40.4 Å². The van der Waals surface area contributed by atoms with Gasteiger partial charge in [0.25, 0.3) is 5.91 Å². The highest BCUT2D eigenvalue weighted by atomic mass is 16.5. The number of phenolic OH excluding ortho intramolecular Hbond substituents is 1. The van der Waals surface area contributed by atoms with Gasteiger partial charge in [-0.25, -0.2) is 4.79 Å². The SMILES string of the molecule is CCOC(=O)C(=O)Nc1cc(C)c(Oc2ccc(O)c(C(=O)NCCCc3ccccc3)c2)c(C)c1. The molecule has 0 atom stereocenters. The number of anilines is 1. The smallest absolute Gasteiger partial charge is 0.397 e. The molecule has 0 radical (unpaired) electrons. The van der Waals surface area contributed by atoms with Crippen molar-refractivity contribution in [1.29, 1.82) is 0 Å². The zero-order valence-electron chi connectivity index (χ0n) is 20.6. The van der Waals surface area contributed by atoms with Crippen molar-refractivity contribution in [3.63, 3.8) is 0 Å². The van der Waals surface area contributed by atoms with Gasteiger partial charge < -0.3 is 25.2 Å². The van der Waals surface area contributed by atoms with Crippen molar-refractivity contribution >= 4 is 23.5 Å². The lowest BCUT2D eigenvalue weighted by Gasteiger charge is -2.15. The molecule has 0 unspecified atom stereocenters. The molecular formula is C28H30N2O6. The van der Waals surface area contributed by atoms with Gasteiger partial charge in [0.15, 0.2) is 0 Å². The van der Waals surface area contributed by atoms with E-state index in [9.17, 15) is 19.5 Å². The van der Waals surface area contributed by atoms with Crippen LogP contribution in [0.4, 0.5) is 5.69 Å². The molecule has 188 valence electrons. The summed E-state index contributed by atoms with van der Waals surface area (Å²) in [4.78, 5) is 36.2. The number of amides is 2. The summed E-state index contributed by atoms with van der Waals surface area (Å²) in [5.41, 5.74) is 3.14. The van der Waals surface area contributed by atoms with Gasteiger partial charge in [-0.1, -0.05) is 30.3 Å². The normalized spacial score (nSPS) is 10.4. The van der Waals surface area contributed by atoms with E-state index in [0.29, 0.717) is 34.9 Å². The van der Waals surface area contributed by atoms with E-state index in [4.69, 9.17) is 9.47 Å². The summed E-state index contributed by atoms with van der Waals surface area (Å²) in [5.74, 6) is -1.45. The minimum atomic E-state index is -0.955. The van der Waals surface area contributed by atoms with Gasteiger partial charge in [0, 0.05) is 12.2 Å². The summed E-state index contributed by atoms with van der Waals surface area (Å²) in [7, 11) is 0. The number of benzene rings is 3. The maximum atomic E-state index is 12.7. The average Bonchev–Trinajstić information content (AvgIpc) is 2.85. The summed E-state index contributed by atoms with van der Waals surface area (Å²) < 4.78 is 10.7. The highest BCUT2D eigenvalue weighted by molar-refractivity contribution is 6.37. The fourth-order valence-corrected chi connectivity index (χ4v) is 3.67. The van der Waals surface area contributed by atoms with Crippen LogP contribution >= 0.6 is 0 Å². The molecule has 0 spiro atoms. The molecule has 0 aromatic heterocycles. The monoisotopic (exact) mass is 490 g/mol. The van der Waals surface area contributed by atoms with E-state index in [1.54, 1.807) is 39.0 Å². The number of aromatic hydroxyl groups is 1. The number of carbonyl (C=O) groups is 3. The van der Waals surface area contributed by atoms with E-state index in [1.165, 1.54) is 17.7 Å². The highest BCUT2D eigenvalue weighted by Crippen LogP contribution is 2.33. The van der Waals surface area contributed by atoms with Gasteiger partial charge in [-0.15, -0.1) is 0 Å². The van der Waals surface area contributed by atoms with Crippen LogP contribution in [0.2, 0.25) is 0 Å². The molecule has 3 rings (SSSR count). The molecule has 0 saturated heterocycles. The third-order valence-electron chi connectivity index (χ3n) is 5.38. The number of rotatable bonds is 9. The molecule has 0 aliphatic rings. The van der Waals surface area contributed by atoms with Crippen LogP contribution in [0.3, 0.4) is 0 Å². The summed E-state index contributed by atoms with van der Waals surface area (Å²) in [5, 5.41) is 15.6. The molecule has 2 amide bonds. The number of aryl methyl sites for hydroxylation is 3. The van der Waals surface area contributed by atoms with Crippen molar-refractivity contribution in [3.05, 3.63) is 82.9 Å². The predicted molar refractivity (Wildman–Crippen MR) is 136 cm³/mol. The van der Waals surface area contributed by atoms with E-state index in [2.05, 4.69) is 10.6 Å². The van der Waals surface area contributed by atoms with Gasteiger partial charge in [-0.05, 0) is 80.6 Å². The Morgan fingerprint density at radius 2 is 1.64 bits per heavy atom. The predicted octanol–water partition coefficient (Wildman–Crippen LogP) is 4.67. The first-order chi connectivity index (χ1) is 17.3. The topological polar surface area (TPSA) is 114 Å².